The van der Waals surface area contributed by atoms with Crippen molar-refractivity contribution in [3.8, 4) is 5.75 Å². The van der Waals surface area contributed by atoms with Gasteiger partial charge in [-0.2, -0.15) is 0 Å². The SMILES string of the molecule is COc1ccccc1NC(CN)c1cc(Br)c(C)s1. The Hall–Kier alpha value is -1.04. The average molecular weight is 341 g/mol. The van der Waals surface area contributed by atoms with Gasteiger partial charge in [-0.05, 0) is 41.1 Å². The molecule has 1 heterocycles. The van der Waals surface area contributed by atoms with Gasteiger partial charge in [-0.15, -0.1) is 11.3 Å². The number of aryl methyl sites for hydroxylation is 1. The molecule has 2 rings (SSSR count). The van der Waals surface area contributed by atoms with E-state index in [1.807, 2.05) is 24.3 Å². The molecule has 1 atom stereocenters. The molecular weight excluding hydrogens is 324 g/mol. The molecule has 3 nitrogen and oxygen atoms in total. The zero-order valence-corrected chi connectivity index (χ0v) is 13.3. The fourth-order valence-electron chi connectivity index (χ4n) is 1.85. The first-order chi connectivity index (χ1) is 9.15. The Morgan fingerprint density at radius 3 is 2.74 bits per heavy atom. The maximum Gasteiger partial charge on any atom is 0.141 e. The van der Waals surface area contributed by atoms with Crippen LogP contribution in [-0.4, -0.2) is 13.7 Å². The lowest BCUT2D eigenvalue weighted by molar-refractivity contribution is 0.416. The number of hydrogen-bond acceptors (Lipinski definition) is 4. The molecule has 102 valence electrons. The summed E-state index contributed by atoms with van der Waals surface area (Å²) >= 11 is 5.29. The van der Waals surface area contributed by atoms with E-state index in [-0.39, 0.29) is 6.04 Å². The van der Waals surface area contributed by atoms with E-state index >= 15 is 0 Å². The maximum absolute atomic E-state index is 5.89. The van der Waals surface area contributed by atoms with Gasteiger partial charge in [0.15, 0.2) is 0 Å². The highest BCUT2D eigenvalue weighted by atomic mass is 79.9. The number of halogens is 1. The summed E-state index contributed by atoms with van der Waals surface area (Å²) in [6, 6.07) is 10.1. The number of ether oxygens (including phenoxy) is 1. The van der Waals surface area contributed by atoms with Crippen LogP contribution in [0.1, 0.15) is 15.8 Å². The predicted molar refractivity (Wildman–Crippen MR) is 85.2 cm³/mol. The number of para-hydroxylation sites is 2. The molecule has 0 aliphatic heterocycles. The second kappa shape index (κ2) is 6.41. The number of nitrogens with one attached hydrogen (secondary N) is 1. The maximum atomic E-state index is 5.89. The molecule has 1 aromatic heterocycles. The number of hydrogen-bond donors (Lipinski definition) is 2. The third kappa shape index (κ3) is 3.29. The normalized spacial score (nSPS) is 12.2. The molecule has 0 spiro atoms. The molecule has 0 saturated carbocycles. The van der Waals surface area contributed by atoms with Crippen molar-refractivity contribution in [2.75, 3.05) is 19.0 Å². The van der Waals surface area contributed by atoms with Crippen molar-refractivity contribution in [1.82, 2.24) is 0 Å². The highest BCUT2D eigenvalue weighted by Gasteiger charge is 2.15. The van der Waals surface area contributed by atoms with Crippen molar-refractivity contribution < 1.29 is 4.74 Å². The summed E-state index contributed by atoms with van der Waals surface area (Å²) in [5.74, 6) is 0.827. The van der Waals surface area contributed by atoms with Gasteiger partial charge in [-0.3, -0.25) is 0 Å². The molecular formula is C14H17BrN2OS. The van der Waals surface area contributed by atoms with Crippen LogP contribution in [0.25, 0.3) is 0 Å². The van der Waals surface area contributed by atoms with Gasteiger partial charge < -0.3 is 15.8 Å². The lowest BCUT2D eigenvalue weighted by atomic mass is 10.2. The number of methoxy groups -OCH3 is 1. The van der Waals surface area contributed by atoms with Crippen LogP contribution >= 0.6 is 27.3 Å². The van der Waals surface area contributed by atoms with Crippen LogP contribution in [0.4, 0.5) is 5.69 Å². The summed E-state index contributed by atoms with van der Waals surface area (Å²) in [4.78, 5) is 2.48. The minimum Gasteiger partial charge on any atom is -0.495 e. The second-order valence-electron chi connectivity index (χ2n) is 4.19. The quantitative estimate of drug-likeness (QED) is 0.866. The van der Waals surface area contributed by atoms with Crippen LogP contribution in [0.3, 0.4) is 0 Å². The van der Waals surface area contributed by atoms with Crippen molar-refractivity contribution in [3.05, 3.63) is 44.6 Å². The van der Waals surface area contributed by atoms with Gasteiger partial charge in [0.05, 0.1) is 18.8 Å². The summed E-state index contributed by atoms with van der Waals surface area (Å²) in [5.41, 5.74) is 6.85. The third-order valence-corrected chi connectivity index (χ3v) is 5.14. The molecule has 1 aromatic carbocycles. The van der Waals surface area contributed by atoms with Gasteiger partial charge in [0.25, 0.3) is 0 Å². The number of nitrogens with two attached hydrogens (primary N) is 1. The van der Waals surface area contributed by atoms with Crippen LogP contribution in [-0.2, 0) is 0 Å². The highest BCUT2D eigenvalue weighted by molar-refractivity contribution is 9.10. The topological polar surface area (TPSA) is 47.3 Å². The van der Waals surface area contributed by atoms with Crippen molar-refractivity contribution >= 4 is 33.0 Å². The van der Waals surface area contributed by atoms with E-state index in [0.717, 1.165) is 15.9 Å². The van der Waals surface area contributed by atoms with Crippen LogP contribution in [0.2, 0.25) is 0 Å². The molecule has 0 fully saturated rings. The zero-order valence-electron chi connectivity index (χ0n) is 10.9. The molecule has 0 aliphatic rings. The molecule has 1 unspecified atom stereocenters. The number of rotatable bonds is 5. The van der Waals surface area contributed by atoms with E-state index < -0.39 is 0 Å². The number of thiophene rings is 1. The van der Waals surface area contributed by atoms with Crippen LogP contribution < -0.4 is 15.8 Å². The van der Waals surface area contributed by atoms with Crippen LogP contribution in [0, 0.1) is 6.92 Å². The Balaban J connectivity index is 2.23. The first kappa shape index (κ1) is 14.4. The lowest BCUT2D eigenvalue weighted by Gasteiger charge is -2.18. The van der Waals surface area contributed by atoms with Gasteiger partial charge >= 0.3 is 0 Å². The van der Waals surface area contributed by atoms with Crippen molar-refractivity contribution in [2.24, 2.45) is 5.73 Å². The second-order valence-corrected chi connectivity index (χ2v) is 6.33. The van der Waals surface area contributed by atoms with Crippen LogP contribution in [0.15, 0.2) is 34.8 Å². The molecule has 5 heteroatoms. The Morgan fingerprint density at radius 2 is 2.16 bits per heavy atom. The summed E-state index contributed by atoms with van der Waals surface area (Å²) in [5, 5.41) is 3.44. The zero-order chi connectivity index (χ0) is 13.8. The van der Waals surface area contributed by atoms with E-state index in [1.165, 1.54) is 9.75 Å². The van der Waals surface area contributed by atoms with Gasteiger partial charge in [-0.25, -0.2) is 0 Å². The number of anilines is 1. The number of benzene rings is 1. The Bertz CT molecular complexity index is 537. The molecule has 0 radical (unpaired) electrons. The largest absolute Gasteiger partial charge is 0.495 e. The first-order valence-corrected chi connectivity index (χ1v) is 7.62. The fraction of sp³-hybridized carbons (Fsp3) is 0.286. The molecule has 3 N–H and O–H groups in total. The Kier molecular flexibility index (Phi) is 4.85. The van der Waals surface area contributed by atoms with E-state index in [9.17, 15) is 0 Å². The standard InChI is InChI=1S/C14H17BrN2OS/c1-9-10(15)7-14(19-9)12(8-16)17-11-5-3-4-6-13(11)18-2/h3-7,12,17H,8,16H2,1-2H3. The summed E-state index contributed by atoms with van der Waals surface area (Å²) in [7, 11) is 1.67. The summed E-state index contributed by atoms with van der Waals surface area (Å²) in [6.45, 7) is 2.62. The van der Waals surface area contributed by atoms with Gasteiger partial charge in [0, 0.05) is 20.8 Å². The molecule has 2 aromatic rings. The van der Waals surface area contributed by atoms with Gasteiger partial charge in [0.2, 0.25) is 0 Å². The van der Waals surface area contributed by atoms with Gasteiger partial charge in [-0.1, -0.05) is 12.1 Å². The minimum atomic E-state index is 0.0892. The summed E-state index contributed by atoms with van der Waals surface area (Å²) < 4.78 is 6.48. The highest BCUT2D eigenvalue weighted by Crippen LogP contribution is 2.33. The third-order valence-electron chi connectivity index (χ3n) is 2.89. The summed E-state index contributed by atoms with van der Waals surface area (Å²) in [6.07, 6.45) is 0. The minimum absolute atomic E-state index is 0.0892. The van der Waals surface area contributed by atoms with E-state index in [0.29, 0.717) is 6.54 Å². The Labute approximate surface area is 125 Å². The Morgan fingerprint density at radius 1 is 1.42 bits per heavy atom. The fourth-order valence-corrected chi connectivity index (χ4v) is 3.48. The monoisotopic (exact) mass is 340 g/mol. The smallest absolute Gasteiger partial charge is 0.141 e. The molecule has 0 bridgehead atoms. The van der Waals surface area contributed by atoms with E-state index in [4.69, 9.17) is 10.5 Å². The molecule has 0 saturated heterocycles. The van der Waals surface area contributed by atoms with Crippen molar-refractivity contribution in [2.45, 2.75) is 13.0 Å². The lowest BCUT2D eigenvalue weighted by Crippen LogP contribution is -2.19. The first-order valence-electron chi connectivity index (χ1n) is 6.01. The van der Waals surface area contributed by atoms with Crippen molar-refractivity contribution in [3.63, 3.8) is 0 Å². The van der Waals surface area contributed by atoms with Crippen molar-refractivity contribution in [1.29, 1.82) is 0 Å². The van der Waals surface area contributed by atoms with Gasteiger partial charge in [0.1, 0.15) is 5.75 Å². The molecule has 0 amide bonds. The average Bonchev–Trinajstić information content (AvgIpc) is 2.76. The molecule has 0 aliphatic carbocycles. The van der Waals surface area contributed by atoms with E-state index in [1.54, 1.807) is 18.4 Å². The van der Waals surface area contributed by atoms with Crippen LogP contribution in [0.5, 0.6) is 5.75 Å². The van der Waals surface area contributed by atoms with E-state index in [2.05, 4.69) is 34.2 Å². The predicted octanol–water partition coefficient (Wildman–Crippen LogP) is 3.94. The molecule has 19 heavy (non-hydrogen) atoms.